The molecule has 0 atom stereocenters. The van der Waals surface area contributed by atoms with Crippen LogP contribution in [0.3, 0.4) is 0 Å². The summed E-state index contributed by atoms with van der Waals surface area (Å²) in [5, 5.41) is 0.361. The largest absolute Gasteiger partial charge is 0.417 e. The Labute approximate surface area is 177 Å². The van der Waals surface area contributed by atoms with Crippen LogP contribution in [0.15, 0.2) is 0 Å². The lowest BCUT2D eigenvalue weighted by molar-refractivity contribution is -0.121. The zero-order chi connectivity index (χ0) is 22.0. The molecular weight excluding hydrogens is 400 g/mol. The fourth-order valence-corrected chi connectivity index (χ4v) is 10.1. The smallest absolute Gasteiger partial charge is 0.237 e. The molecule has 1 rings (SSSR count). The van der Waals surface area contributed by atoms with Gasteiger partial charge in [0.05, 0.1) is 12.5 Å². The Hall–Kier alpha value is 0.201. The third kappa shape index (κ3) is 7.47. The number of carbonyl (C=O) groups is 1. The minimum absolute atomic E-state index is 0.180. The molecule has 28 heavy (non-hydrogen) atoms. The highest BCUT2D eigenvalue weighted by atomic mass is 28.4. The molecule has 0 spiro atoms. The molecule has 0 aromatic rings. The summed E-state index contributed by atoms with van der Waals surface area (Å²) in [7, 11) is -5.92. The Morgan fingerprint density at radius 1 is 0.786 bits per heavy atom. The number of ketones is 1. The molecule has 0 unspecified atom stereocenters. The topological polar surface area (TPSA) is 44.8 Å². The average Bonchev–Trinajstić information content (AvgIpc) is 2.52. The molecule has 0 amide bonds. The summed E-state index contributed by atoms with van der Waals surface area (Å²) in [5.41, 5.74) is 0. The first-order valence-corrected chi connectivity index (χ1v) is 19.5. The van der Waals surface area contributed by atoms with E-state index in [1.54, 1.807) is 0 Å². The highest BCUT2D eigenvalue weighted by Crippen LogP contribution is 2.39. The molecule has 0 N–H and O–H groups in total. The Kier molecular flexibility index (Phi) is 8.56. The van der Waals surface area contributed by atoms with Crippen LogP contribution in [0, 0.1) is 0 Å². The number of rotatable bonds is 8. The monoisotopic (exact) mass is 446 g/mol. The first kappa shape index (κ1) is 26.2. The summed E-state index contributed by atoms with van der Waals surface area (Å²) >= 11 is 0. The van der Waals surface area contributed by atoms with E-state index in [1.165, 1.54) is 0 Å². The number of carbonyl (C=O) groups excluding carboxylic acids is 1. The lowest BCUT2D eigenvalue weighted by Crippen LogP contribution is -2.56. The first-order chi connectivity index (χ1) is 12.4. The second-order valence-corrected chi connectivity index (χ2v) is 25.2. The summed E-state index contributed by atoms with van der Waals surface area (Å²) in [6.45, 7) is 25.1. The molecule has 4 nitrogen and oxygen atoms in total. The van der Waals surface area contributed by atoms with Gasteiger partial charge in [0.15, 0.2) is 16.6 Å². The molecule has 166 valence electrons. The predicted octanol–water partition coefficient (Wildman–Crippen LogP) is 6.21. The molecule has 7 heteroatoms. The highest BCUT2D eigenvalue weighted by Gasteiger charge is 2.44. The van der Waals surface area contributed by atoms with Crippen molar-refractivity contribution in [1.82, 2.24) is 0 Å². The predicted molar refractivity (Wildman–Crippen MR) is 126 cm³/mol. The van der Waals surface area contributed by atoms with Crippen LogP contribution in [0.25, 0.3) is 0 Å². The van der Waals surface area contributed by atoms with Crippen molar-refractivity contribution in [3.05, 3.63) is 0 Å². The Bertz CT molecular complexity index is 493. The molecule has 0 aliphatic heterocycles. The van der Waals surface area contributed by atoms with Gasteiger partial charge in [-0.1, -0.05) is 41.5 Å². The van der Waals surface area contributed by atoms with E-state index in [0.29, 0.717) is 31.1 Å². The second-order valence-electron chi connectivity index (χ2n) is 11.9. The molecule has 0 bridgehead atoms. The van der Waals surface area contributed by atoms with Gasteiger partial charge in [-0.25, -0.2) is 0 Å². The average molecular weight is 447 g/mol. The minimum Gasteiger partial charge on any atom is -0.417 e. The number of Topliss-reactive ketones (excluding diaryl/α,β-unsaturated/α-hetero) is 1. The number of hydrogen-bond acceptors (Lipinski definition) is 4. The first-order valence-electron chi connectivity index (χ1n) is 10.9. The van der Waals surface area contributed by atoms with Gasteiger partial charge < -0.3 is 13.3 Å². The van der Waals surface area contributed by atoms with Crippen LogP contribution in [0.2, 0.25) is 42.8 Å². The van der Waals surface area contributed by atoms with E-state index in [0.717, 1.165) is 12.8 Å². The maximum atomic E-state index is 11.6. The molecule has 0 radical (unpaired) electrons. The summed E-state index contributed by atoms with van der Waals surface area (Å²) in [6.07, 6.45) is 4.55. The summed E-state index contributed by atoms with van der Waals surface area (Å²) in [5.74, 6) is 0.373. The fourth-order valence-electron chi connectivity index (χ4n) is 2.64. The molecule has 1 saturated carbocycles. The van der Waals surface area contributed by atoms with Gasteiger partial charge in [0.1, 0.15) is 5.78 Å². The van der Waals surface area contributed by atoms with Crippen molar-refractivity contribution in [2.45, 2.75) is 116 Å². The minimum atomic E-state index is -2.22. The van der Waals surface area contributed by atoms with Crippen molar-refractivity contribution in [2.24, 2.45) is 0 Å². The van der Waals surface area contributed by atoms with Crippen molar-refractivity contribution >= 4 is 30.7 Å². The Morgan fingerprint density at radius 3 is 1.46 bits per heavy atom. The molecule has 0 aromatic carbocycles. The van der Waals surface area contributed by atoms with Gasteiger partial charge in [0, 0.05) is 18.9 Å². The van der Waals surface area contributed by atoms with Gasteiger partial charge in [0.25, 0.3) is 0 Å². The van der Waals surface area contributed by atoms with Crippen molar-refractivity contribution in [3.8, 4) is 0 Å². The molecule has 1 aliphatic carbocycles. The summed E-state index contributed by atoms with van der Waals surface area (Å²) in [6, 6.07) is 0. The molecule has 1 fully saturated rings. The Morgan fingerprint density at radius 2 is 1.14 bits per heavy atom. The van der Waals surface area contributed by atoms with Crippen LogP contribution in [0.1, 0.15) is 67.2 Å². The van der Waals surface area contributed by atoms with Gasteiger partial charge in [-0.3, -0.25) is 4.79 Å². The summed E-state index contributed by atoms with van der Waals surface area (Å²) < 4.78 is 20.0. The third-order valence-corrected chi connectivity index (χ3v) is 19.0. The van der Waals surface area contributed by atoms with Gasteiger partial charge in [-0.15, -0.1) is 0 Å². The van der Waals surface area contributed by atoms with Gasteiger partial charge in [-0.2, -0.15) is 0 Å². The molecule has 0 heterocycles. The third-order valence-electron chi connectivity index (χ3n) is 7.03. The van der Waals surface area contributed by atoms with Crippen molar-refractivity contribution in [1.29, 1.82) is 0 Å². The maximum absolute atomic E-state index is 11.6. The maximum Gasteiger partial charge on any atom is 0.237 e. The number of hydrogen-bond donors (Lipinski definition) is 0. The van der Waals surface area contributed by atoms with Gasteiger partial charge in [0.2, 0.25) is 8.32 Å². The van der Waals surface area contributed by atoms with Crippen LogP contribution in [-0.4, -0.2) is 49.3 Å². The fraction of sp³-hybridized carbons (Fsp3) is 0.952. The lowest BCUT2D eigenvalue weighted by Gasteiger charge is -2.43. The standard InChI is InChI=1S/C21H46O4Si3/c1-20(2,3)26(7,8)23-16-28(11,17-24-27(9,10)21(4,5)6)25-19-14-12-18(22)13-15-19/h19H,12-17H2,1-11H3. The van der Waals surface area contributed by atoms with E-state index in [9.17, 15) is 4.79 Å². The van der Waals surface area contributed by atoms with Crippen molar-refractivity contribution in [3.63, 3.8) is 0 Å². The lowest BCUT2D eigenvalue weighted by atomic mass is 9.97. The van der Waals surface area contributed by atoms with E-state index < -0.39 is 25.0 Å². The molecule has 1 aliphatic rings. The van der Waals surface area contributed by atoms with Gasteiger partial charge >= 0.3 is 0 Å². The van der Waals surface area contributed by atoms with E-state index in [2.05, 4.69) is 74.3 Å². The van der Waals surface area contributed by atoms with E-state index in [-0.39, 0.29) is 16.2 Å². The van der Waals surface area contributed by atoms with Crippen LogP contribution < -0.4 is 0 Å². The second kappa shape index (κ2) is 9.14. The van der Waals surface area contributed by atoms with E-state index in [1.807, 2.05) is 0 Å². The van der Waals surface area contributed by atoms with Crippen LogP contribution in [0.4, 0.5) is 0 Å². The SMILES string of the molecule is CC(C)(C)[Si](C)(C)OC[Si](C)(CO[Si](C)(C)C(C)(C)C)OC1CCC(=O)CC1. The highest BCUT2D eigenvalue weighted by molar-refractivity contribution is 6.79. The van der Waals surface area contributed by atoms with Crippen LogP contribution in [0.5, 0.6) is 0 Å². The molecule has 0 saturated heterocycles. The van der Waals surface area contributed by atoms with Crippen LogP contribution in [-0.2, 0) is 18.1 Å². The van der Waals surface area contributed by atoms with Crippen molar-refractivity contribution < 1.29 is 18.1 Å². The van der Waals surface area contributed by atoms with Gasteiger partial charge in [-0.05, 0) is 55.7 Å². The van der Waals surface area contributed by atoms with Crippen molar-refractivity contribution in [2.75, 3.05) is 12.5 Å². The van der Waals surface area contributed by atoms with E-state index in [4.69, 9.17) is 13.3 Å². The zero-order valence-electron chi connectivity index (χ0n) is 20.5. The quantitative estimate of drug-likeness (QED) is 0.416. The molecule has 0 aromatic heterocycles. The normalized spacial score (nSPS) is 18.6. The molecular formula is C21H46O4Si3. The zero-order valence-corrected chi connectivity index (χ0v) is 23.5. The van der Waals surface area contributed by atoms with Crippen LogP contribution >= 0.6 is 0 Å². The van der Waals surface area contributed by atoms with E-state index >= 15 is 0 Å². The Balaban J connectivity index is 2.91. The summed E-state index contributed by atoms with van der Waals surface area (Å²) in [4.78, 5) is 11.6.